The number of hydrogen-bond acceptors (Lipinski definition) is 41. The van der Waals surface area contributed by atoms with Gasteiger partial charge in [0.25, 0.3) is 11.8 Å². The van der Waals surface area contributed by atoms with Crippen LogP contribution in [0, 0.1) is 12.8 Å². The topological polar surface area (TPSA) is 803 Å². The van der Waals surface area contributed by atoms with E-state index in [9.17, 15) is 79.5 Å². The highest BCUT2D eigenvalue weighted by Crippen LogP contribution is 2.36. The molecule has 4 aromatic rings. The van der Waals surface area contributed by atoms with Gasteiger partial charge in [0.15, 0.2) is 49.9 Å². The molecule has 0 bridgehead atoms. The lowest BCUT2D eigenvalue weighted by atomic mass is 9.96. The van der Waals surface area contributed by atoms with Gasteiger partial charge in [-0.25, -0.2) is 29.7 Å². The van der Waals surface area contributed by atoms with Gasteiger partial charge in [-0.1, -0.05) is 6.92 Å². The Labute approximate surface area is 694 Å². The lowest BCUT2D eigenvalue weighted by molar-refractivity contribution is -0.404. The summed E-state index contributed by atoms with van der Waals surface area (Å²) in [4.78, 5) is 146. The van der Waals surface area contributed by atoms with Gasteiger partial charge in [0, 0.05) is 69.1 Å². The first-order valence-electron chi connectivity index (χ1n) is 38.2. The third-order valence-electron chi connectivity index (χ3n) is 19.6. The minimum atomic E-state index is -2.25. The normalized spacial score (nSPS) is 26.2. The molecule has 120 heavy (non-hydrogen) atoms. The van der Waals surface area contributed by atoms with Crippen molar-refractivity contribution in [3.05, 3.63) is 56.8 Å². The molecule has 7 rings (SSSR count). The molecule has 34 N–H and O–H groups in total. The van der Waals surface area contributed by atoms with Crippen LogP contribution in [-0.2, 0) is 71.4 Å². The summed E-state index contributed by atoms with van der Waals surface area (Å²) in [6, 6.07) is -10.2. The van der Waals surface area contributed by atoms with Gasteiger partial charge in [-0.05, 0) is 79.4 Å². The van der Waals surface area contributed by atoms with Crippen LogP contribution in [0.5, 0.6) is 0 Å². The number of methoxy groups -OCH3 is 2. The molecule has 0 aliphatic carbocycles. The summed E-state index contributed by atoms with van der Waals surface area (Å²) in [5.41, 5.74) is 45.4. The van der Waals surface area contributed by atoms with E-state index in [1.165, 1.54) is 31.5 Å². The van der Waals surface area contributed by atoms with Crippen molar-refractivity contribution in [2.75, 3.05) is 59.2 Å². The summed E-state index contributed by atoms with van der Waals surface area (Å²) in [5, 5.41) is 127. The number of anilines is 1. The van der Waals surface area contributed by atoms with Crippen LogP contribution in [0.3, 0.4) is 0 Å². The van der Waals surface area contributed by atoms with Crippen LogP contribution in [0.15, 0.2) is 23.3 Å². The second-order valence-corrected chi connectivity index (χ2v) is 30.5. The van der Waals surface area contributed by atoms with Gasteiger partial charge in [0.1, 0.15) is 99.7 Å². The third-order valence-corrected chi connectivity index (χ3v) is 21.4. The second-order valence-electron chi connectivity index (χ2n) is 28.8. The maximum absolute atomic E-state index is 15.5. The van der Waals surface area contributed by atoms with Crippen LogP contribution < -0.4 is 88.4 Å². The fourth-order valence-electron chi connectivity index (χ4n) is 12.5. The van der Waals surface area contributed by atoms with Gasteiger partial charge in [-0.3, -0.25) is 38.4 Å². The van der Waals surface area contributed by atoms with Gasteiger partial charge < -0.3 is 182 Å². The number of aliphatic hydroxyl groups excluding tert-OH is 9. The van der Waals surface area contributed by atoms with Crippen molar-refractivity contribution in [2.45, 2.75) is 239 Å². The first-order chi connectivity index (χ1) is 56.8. The van der Waals surface area contributed by atoms with Crippen molar-refractivity contribution < 1.29 is 132 Å². The monoisotopic (exact) mass is 1740 g/mol. The number of rotatable bonds is 47. The number of amides is 9. The molecule has 4 aromatic heterocycles. The SMILES string of the molecule is CO[C@H]1O[C@H](O[C@@H](c2cnc[nH]2)[C@H](NC(=O)c2nc([C@H](CC(N)=O)NC[C@H](N)C(N)=O)nc(N)c2C)C(=O)N[C@H](C)[C@@H](O)[C@H](C)C(=O)N[C@H](C(=O)NC(OC2O[C@@H](C)[C@@H](N)[C@@H](O)[C@H]2O)C(O)c2nc(-c3nc(C(=O)NCCCC(N)CC(=O)NCCCNCCCCN)cs3)cs2)[C@H](C)O)[C@H](O[C@@H]2O[C@@H](OC)[C@H](O)[C@@H](OC(N)=O)[C@H]2O)[C@H](O)[C@H]1O. The molecule has 7 heterocycles. The standard InChI is InChI=1S/C69H112N22O27S2/c1-25-39(87-55(90-53(25)75)32(19-36(73)93)82-20-31(72)54(76)103)58(106)89-41(50(33-21-79-24-83-33)113-68-52(44(97)46(99)64(110-6)118-68)114-67-48(101)51(115-69(77)109)47(100)65(111-7)117-67)60(108)84-27(3)42(95)26(2)56(104)88-40(28(4)92)59(107)91-61(116-66-45(98)43(96)38(74)29(5)112-66)49(102)63-86-35(23-120-63)62-85-34(22-119-62)57(105)81-16-10-12-30(71)18-37(94)80-17-11-15-78-14-9-8-13-70/h21-24,26-32,38,40-52,61,64-68,78,82,92,95-102H,8-20,70-72,74H2,1-7H3,(H2,73,93)(H2,76,103)(H2,77,109)(H,79,83)(H,80,94)(H,81,105)(H,84,108)(H,88,104)(H,89,106)(H,91,107)(H2,75,87,90)/t26-,27+,28-,29-,30?,31-,32-,38+,40-,41-,42-,43+,44+,45+,46+,47+,48+,49?,50-,51+,52+,61?,64-,65+,66?,67+,68-/m0/s1. The molecule has 3 fully saturated rings. The predicted molar refractivity (Wildman–Crippen MR) is 416 cm³/mol. The third kappa shape index (κ3) is 27.0. The van der Waals surface area contributed by atoms with E-state index < -0.39 is 225 Å². The summed E-state index contributed by atoms with van der Waals surface area (Å²) in [5.74, 6) is -10.2. The zero-order valence-corrected chi connectivity index (χ0v) is 68.3. The first-order valence-corrected chi connectivity index (χ1v) is 39.9. The van der Waals surface area contributed by atoms with Crippen molar-refractivity contribution in [2.24, 2.45) is 46.1 Å². The van der Waals surface area contributed by atoms with E-state index in [1.807, 2.05) is 0 Å². The van der Waals surface area contributed by atoms with Crippen molar-refractivity contribution in [3.63, 3.8) is 0 Å². The van der Waals surface area contributed by atoms with E-state index in [0.717, 1.165) is 95.6 Å². The molecule has 9 amide bonds. The molecule has 0 saturated carbocycles. The molecule has 0 aromatic carbocycles. The zero-order chi connectivity index (χ0) is 88.7. The van der Waals surface area contributed by atoms with E-state index in [1.54, 1.807) is 0 Å². The van der Waals surface area contributed by atoms with E-state index in [2.05, 4.69) is 72.4 Å². The van der Waals surface area contributed by atoms with Crippen LogP contribution in [0.1, 0.15) is 134 Å². The Morgan fingerprint density at radius 3 is 1.98 bits per heavy atom. The Balaban J connectivity index is 1.12. The number of aromatic nitrogens is 6. The zero-order valence-electron chi connectivity index (χ0n) is 66.6. The average Bonchev–Trinajstić information content (AvgIpc) is 0.882. The van der Waals surface area contributed by atoms with Crippen molar-refractivity contribution in [3.8, 4) is 10.7 Å². The van der Waals surface area contributed by atoms with Crippen LogP contribution in [0.2, 0.25) is 0 Å². The summed E-state index contributed by atoms with van der Waals surface area (Å²) in [7, 11) is 2.08. The number of aromatic amines is 1. The predicted octanol–water partition coefficient (Wildman–Crippen LogP) is -9.79. The largest absolute Gasteiger partial charge is 0.440 e. The summed E-state index contributed by atoms with van der Waals surface area (Å²) >= 11 is 1.85. The van der Waals surface area contributed by atoms with Crippen LogP contribution in [0.25, 0.3) is 10.7 Å². The van der Waals surface area contributed by atoms with E-state index in [-0.39, 0.29) is 69.7 Å². The quantitative estimate of drug-likeness (QED) is 0.0144. The number of nitrogen functional groups attached to an aromatic ring is 1. The number of imidazole rings is 1. The highest BCUT2D eigenvalue weighted by Gasteiger charge is 2.55. The summed E-state index contributed by atoms with van der Waals surface area (Å²) in [6.07, 6.45) is -33.0. The number of thiazole rings is 2. The average molecular weight is 1750 g/mol. The Kier molecular flexibility index (Phi) is 38.3. The molecule has 672 valence electrons. The second kappa shape index (κ2) is 46.6. The fraction of sp³-hybridized carbons (Fsp3) is 0.681. The number of carbonyl (C=O) groups excluding carboxylic acids is 9. The van der Waals surface area contributed by atoms with Crippen molar-refractivity contribution in [1.29, 1.82) is 0 Å². The molecule has 49 nitrogen and oxygen atoms in total. The van der Waals surface area contributed by atoms with E-state index in [0.29, 0.717) is 25.9 Å². The van der Waals surface area contributed by atoms with Gasteiger partial charge in [-0.2, -0.15) is 0 Å². The van der Waals surface area contributed by atoms with Gasteiger partial charge in [0.2, 0.25) is 35.4 Å². The number of aliphatic hydroxyl groups is 9. The van der Waals surface area contributed by atoms with Crippen molar-refractivity contribution >= 4 is 81.8 Å². The molecule has 51 heteroatoms. The molecular weight excluding hydrogens is 1630 g/mol. The molecule has 0 radical (unpaired) electrons. The molecule has 3 aliphatic heterocycles. The Morgan fingerprint density at radius 2 is 1.33 bits per heavy atom. The highest BCUT2D eigenvalue weighted by molar-refractivity contribution is 7.14. The molecule has 3 aliphatic rings. The molecule has 0 spiro atoms. The number of unbranched alkanes of at least 4 members (excludes halogenated alkanes) is 1. The maximum atomic E-state index is 15.5. The molecule has 4 unspecified atom stereocenters. The Hall–Kier alpha value is -8.54. The summed E-state index contributed by atoms with van der Waals surface area (Å²) in [6.45, 7) is 8.65. The maximum Gasteiger partial charge on any atom is 0.404 e. The van der Waals surface area contributed by atoms with Crippen molar-refractivity contribution in [1.82, 2.24) is 72.4 Å². The minimum absolute atomic E-state index is 0.0139. The van der Waals surface area contributed by atoms with E-state index >= 15 is 9.59 Å². The first kappa shape index (κ1) is 98.6. The van der Waals surface area contributed by atoms with Crippen LogP contribution in [-0.4, -0.2) is 324 Å². The number of hydrogen-bond donors (Lipinski definition) is 26. The van der Waals surface area contributed by atoms with E-state index in [4.69, 9.17) is 88.5 Å². The van der Waals surface area contributed by atoms with Gasteiger partial charge >= 0.3 is 6.09 Å². The number of ether oxygens (including phenoxy) is 9. The Morgan fingerprint density at radius 1 is 0.675 bits per heavy atom. The molecule has 3 saturated heterocycles. The van der Waals surface area contributed by atoms with Crippen LogP contribution >= 0.6 is 22.7 Å². The number of nitrogens with zero attached hydrogens (tertiary/aromatic N) is 5. The lowest BCUT2D eigenvalue weighted by Crippen LogP contribution is -2.65. The molecule has 27 atom stereocenters. The number of H-pyrrole nitrogens is 1. The molecular formula is C69H112N22O27S2. The number of primary amides is 3. The summed E-state index contributed by atoms with van der Waals surface area (Å²) < 4.78 is 51.3. The Bertz CT molecular complexity index is 4000. The number of nitrogens with two attached hydrogens (primary N) is 8. The van der Waals surface area contributed by atoms with Gasteiger partial charge in [-0.15, -0.1) is 22.7 Å². The fourth-order valence-corrected chi connectivity index (χ4v) is 14.2. The number of nitrogens with one attached hydrogen (secondary N) is 9. The lowest BCUT2D eigenvalue weighted by Gasteiger charge is -2.46. The van der Waals surface area contributed by atoms with Gasteiger partial charge in [0.05, 0.1) is 66.6 Å². The minimum Gasteiger partial charge on any atom is -0.440 e. The highest BCUT2D eigenvalue weighted by atomic mass is 32.1. The van der Waals surface area contributed by atoms with Crippen LogP contribution in [0.4, 0.5) is 10.6 Å². The smallest absolute Gasteiger partial charge is 0.404 e. The number of carbonyl (C=O) groups is 9.